The lowest BCUT2D eigenvalue weighted by Gasteiger charge is -2.32. The van der Waals surface area contributed by atoms with Crippen LogP contribution < -0.4 is 0 Å². The van der Waals surface area contributed by atoms with Crippen LogP contribution in [0.3, 0.4) is 0 Å². The molecule has 1 fully saturated rings. The molecular weight excluding hydrogens is 349 g/mol. The largest absolute Gasteiger partial charge is 0.479 e. The molecule has 1 saturated heterocycles. The maximum atomic E-state index is 12.4. The number of benzene rings is 1. The maximum absolute atomic E-state index is 12.4. The summed E-state index contributed by atoms with van der Waals surface area (Å²) in [6.07, 6.45) is -0.968. The van der Waals surface area contributed by atoms with E-state index >= 15 is 0 Å². The third kappa shape index (κ3) is 4.29. The first-order valence-electron chi connectivity index (χ1n) is 6.63. The molecule has 2 atom stereocenters. The zero-order chi connectivity index (χ0) is 16.3. The molecule has 120 valence electrons. The molecule has 5 nitrogen and oxygen atoms in total. The second kappa shape index (κ2) is 7.55. The van der Waals surface area contributed by atoms with Crippen LogP contribution in [-0.2, 0) is 14.3 Å². The van der Waals surface area contributed by atoms with Crippen LogP contribution in [0.25, 0.3) is 0 Å². The second-order valence-corrected chi connectivity index (χ2v) is 7.04. The van der Waals surface area contributed by atoms with Crippen molar-refractivity contribution in [1.29, 1.82) is 0 Å². The summed E-state index contributed by atoms with van der Waals surface area (Å²) in [6.45, 7) is 2.42. The molecule has 0 radical (unpaired) electrons. The van der Waals surface area contributed by atoms with Crippen LogP contribution in [-0.4, -0.2) is 52.9 Å². The maximum Gasteiger partial charge on any atom is 0.334 e. The van der Waals surface area contributed by atoms with E-state index in [9.17, 15) is 9.59 Å². The van der Waals surface area contributed by atoms with Crippen LogP contribution in [0.15, 0.2) is 23.1 Å². The Balaban J connectivity index is 2.02. The van der Waals surface area contributed by atoms with Crippen LogP contribution in [0.5, 0.6) is 0 Å². The van der Waals surface area contributed by atoms with Crippen molar-refractivity contribution in [2.75, 3.05) is 19.7 Å². The number of hydrogen-bond acceptors (Lipinski definition) is 4. The normalized spacial score (nSPS) is 19.8. The molecule has 1 N–H and O–H groups in total. The number of amides is 1. The number of carboxylic acids is 1. The van der Waals surface area contributed by atoms with Gasteiger partial charge >= 0.3 is 5.97 Å². The van der Waals surface area contributed by atoms with E-state index in [1.54, 1.807) is 25.1 Å². The van der Waals surface area contributed by atoms with Gasteiger partial charge in [-0.2, -0.15) is 0 Å². The summed E-state index contributed by atoms with van der Waals surface area (Å²) in [5.74, 6) is -1.20. The molecule has 1 aromatic rings. The van der Waals surface area contributed by atoms with Crippen molar-refractivity contribution in [3.05, 3.63) is 28.2 Å². The van der Waals surface area contributed by atoms with Gasteiger partial charge in [-0.3, -0.25) is 4.79 Å². The predicted octanol–water partition coefficient (Wildman–Crippen LogP) is 2.79. The second-order valence-electron chi connectivity index (χ2n) is 4.82. The minimum Gasteiger partial charge on any atom is -0.479 e. The first-order chi connectivity index (χ1) is 10.4. The zero-order valence-electron chi connectivity index (χ0n) is 11.8. The first kappa shape index (κ1) is 17.4. The standard InChI is InChI=1S/C14H15Cl2NO4S/c1-8(22-12-6-9(15)2-3-10(12)16)13(18)17-4-5-21-11(7-17)14(19)20/h2-3,6,8,11H,4-5,7H2,1H3,(H,19,20). The summed E-state index contributed by atoms with van der Waals surface area (Å²) in [7, 11) is 0. The van der Waals surface area contributed by atoms with Gasteiger partial charge in [0.25, 0.3) is 0 Å². The number of carbonyl (C=O) groups is 2. The van der Waals surface area contributed by atoms with Crippen molar-refractivity contribution < 1.29 is 19.4 Å². The van der Waals surface area contributed by atoms with E-state index in [4.69, 9.17) is 33.0 Å². The zero-order valence-corrected chi connectivity index (χ0v) is 14.1. The molecule has 22 heavy (non-hydrogen) atoms. The molecule has 1 aromatic carbocycles. The lowest BCUT2D eigenvalue weighted by molar-refractivity contribution is -0.159. The highest BCUT2D eigenvalue weighted by Gasteiger charge is 2.31. The smallest absolute Gasteiger partial charge is 0.334 e. The molecule has 0 bridgehead atoms. The lowest BCUT2D eigenvalue weighted by Crippen LogP contribution is -2.50. The first-order valence-corrected chi connectivity index (χ1v) is 8.27. The molecule has 1 aliphatic heterocycles. The number of morpholine rings is 1. The van der Waals surface area contributed by atoms with Crippen LogP contribution >= 0.6 is 35.0 Å². The van der Waals surface area contributed by atoms with Gasteiger partial charge in [0.05, 0.1) is 23.4 Å². The fourth-order valence-electron chi connectivity index (χ4n) is 2.06. The molecule has 2 rings (SSSR count). The van der Waals surface area contributed by atoms with Crippen molar-refractivity contribution in [2.45, 2.75) is 23.2 Å². The Morgan fingerprint density at radius 3 is 2.86 bits per heavy atom. The number of thioether (sulfide) groups is 1. The van der Waals surface area contributed by atoms with Crippen molar-refractivity contribution in [1.82, 2.24) is 4.90 Å². The Bertz CT molecular complexity index is 584. The van der Waals surface area contributed by atoms with Crippen molar-refractivity contribution in [3.63, 3.8) is 0 Å². The van der Waals surface area contributed by atoms with Crippen molar-refractivity contribution in [2.24, 2.45) is 0 Å². The Hall–Kier alpha value is -0.950. The summed E-state index contributed by atoms with van der Waals surface area (Å²) in [4.78, 5) is 25.6. The van der Waals surface area contributed by atoms with Gasteiger partial charge in [-0.15, -0.1) is 11.8 Å². The lowest BCUT2D eigenvalue weighted by atomic mass is 10.2. The van der Waals surface area contributed by atoms with Gasteiger partial charge in [-0.1, -0.05) is 23.2 Å². The van der Waals surface area contributed by atoms with Crippen LogP contribution in [0.2, 0.25) is 10.0 Å². The number of carboxylic acid groups (broad SMARTS) is 1. The monoisotopic (exact) mass is 363 g/mol. The van der Waals surface area contributed by atoms with Crippen LogP contribution in [0, 0.1) is 0 Å². The number of carbonyl (C=O) groups excluding carboxylic acids is 1. The third-order valence-corrected chi connectivity index (χ3v) is 5.02. The fraction of sp³-hybridized carbons (Fsp3) is 0.429. The molecular formula is C14H15Cl2NO4S. The van der Waals surface area contributed by atoms with Gasteiger partial charge in [0.15, 0.2) is 6.10 Å². The van der Waals surface area contributed by atoms with Gasteiger partial charge in [0.2, 0.25) is 5.91 Å². The number of rotatable bonds is 4. The molecule has 0 aliphatic carbocycles. The summed E-state index contributed by atoms with van der Waals surface area (Å²) < 4.78 is 5.11. The highest BCUT2D eigenvalue weighted by Crippen LogP contribution is 2.33. The van der Waals surface area contributed by atoms with Gasteiger partial charge in [-0.25, -0.2) is 4.79 Å². The number of nitrogens with zero attached hydrogens (tertiary/aromatic N) is 1. The van der Waals surface area contributed by atoms with Crippen molar-refractivity contribution >= 4 is 46.8 Å². The molecule has 1 aliphatic rings. The molecule has 0 aromatic heterocycles. The number of aliphatic carboxylic acids is 1. The van der Waals surface area contributed by atoms with E-state index in [-0.39, 0.29) is 19.1 Å². The quantitative estimate of drug-likeness (QED) is 0.833. The number of halogens is 2. The average Bonchev–Trinajstić information content (AvgIpc) is 2.50. The van der Waals surface area contributed by atoms with Crippen LogP contribution in [0.1, 0.15) is 6.92 Å². The number of ether oxygens (including phenoxy) is 1. The molecule has 8 heteroatoms. The predicted molar refractivity (Wildman–Crippen MR) is 85.7 cm³/mol. The molecule has 0 saturated carbocycles. The highest BCUT2D eigenvalue weighted by atomic mass is 35.5. The fourth-order valence-corrected chi connectivity index (χ4v) is 3.56. The minimum absolute atomic E-state index is 0.0579. The molecule has 0 spiro atoms. The van der Waals surface area contributed by atoms with Crippen LogP contribution in [0.4, 0.5) is 0 Å². The summed E-state index contributed by atoms with van der Waals surface area (Å²) in [6, 6.07) is 5.07. The van der Waals surface area contributed by atoms with E-state index in [2.05, 4.69) is 0 Å². The van der Waals surface area contributed by atoms with E-state index in [1.807, 2.05) is 0 Å². The van der Waals surface area contributed by atoms with E-state index in [0.717, 1.165) is 4.90 Å². The van der Waals surface area contributed by atoms with E-state index in [1.165, 1.54) is 16.7 Å². The summed E-state index contributed by atoms with van der Waals surface area (Å²) in [5.41, 5.74) is 0. The SMILES string of the molecule is CC(Sc1cc(Cl)ccc1Cl)C(=O)N1CCOC(C(=O)O)C1. The Labute approximate surface area is 142 Å². The van der Waals surface area contributed by atoms with Gasteiger partial charge in [-0.05, 0) is 25.1 Å². The third-order valence-electron chi connectivity index (χ3n) is 3.20. The van der Waals surface area contributed by atoms with E-state index in [0.29, 0.717) is 16.6 Å². The molecule has 1 amide bonds. The van der Waals surface area contributed by atoms with Gasteiger partial charge in [0.1, 0.15) is 0 Å². The highest BCUT2D eigenvalue weighted by molar-refractivity contribution is 8.00. The topological polar surface area (TPSA) is 66.8 Å². The van der Waals surface area contributed by atoms with Crippen molar-refractivity contribution in [3.8, 4) is 0 Å². The summed E-state index contributed by atoms with van der Waals surface area (Å²) >= 11 is 13.3. The van der Waals surface area contributed by atoms with Gasteiger partial charge < -0.3 is 14.7 Å². The summed E-state index contributed by atoms with van der Waals surface area (Å²) in [5, 5.41) is 9.65. The van der Waals surface area contributed by atoms with E-state index < -0.39 is 17.3 Å². The average molecular weight is 364 g/mol. The Morgan fingerprint density at radius 1 is 1.45 bits per heavy atom. The Morgan fingerprint density at radius 2 is 2.18 bits per heavy atom. The molecule has 1 heterocycles. The minimum atomic E-state index is -1.06. The van der Waals surface area contributed by atoms with Gasteiger partial charge in [0, 0.05) is 16.5 Å². The molecule has 2 unspecified atom stereocenters. The number of hydrogen-bond donors (Lipinski definition) is 1. The Kier molecular flexibility index (Phi) is 5.97.